The van der Waals surface area contributed by atoms with Gasteiger partial charge in [0.15, 0.2) is 5.11 Å². The van der Waals surface area contributed by atoms with Crippen molar-refractivity contribution in [1.82, 2.24) is 5.32 Å². The zero-order valence-electron chi connectivity index (χ0n) is 25.3. The minimum atomic E-state index is -1.47. The van der Waals surface area contributed by atoms with Gasteiger partial charge in [0, 0.05) is 11.3 Å². The predicted octanol–water partition coefficient (Wildman–Crippen LogP) is 4.03. The number of aliphatic hydroxyl groups is 5. The van der Waals surface area contributed by atoms with Crippen LogP contribution in [0, 0.1) is 5.82 Å². The molecular weight excluding hydrogens is 623 g/mol. The second kappa shape index (κ2) is 14.0. The molecule has 0 radical (unpaired) electrons. The Kier molecular flexibility index (Phi) is 9.85. The number of thiocarbonyl (C=S) groups is 1. The van der Waals surface area contributed by atoms with E-state index in [2.05, 4.69) is 5.32 Å². The zero-order chi connectivity index (χ0) is 33.2. The van der Waals surface area contributed by atoms with Crippen LogP contribution in [0.25, 0.3) is 11.1 Å². The molecule has 6 rings (SSSR count). The number of aromatic hydroxyl groups is 1. The van der Waals surface area contributed by atoms with E-state index >= 15 is 0 Å². The lowest BCUT2D eigenvalue weighted by molar-refractivity contribution is -0.231. The first-order valence-corrected chi connectivity index (χ1v) is 15.9. The molecule has 7 N–H and O–H groups in total. The number of hydrogen-bond acceptors (Lipinski definition) is 8. The number of para-hydroxylation sites is 1. The Morgan fingerprint density at radius 3 is 2.19 bits per heavy atom. The monoisotopic (exact) mass is 660 g/mol. The highest BCUT2D eigenvalue weighted by molar-refractivity contribution is 7.80. The average molecular weight is 661 g/mol. The van der Waals surface area contributed by atoms with E-state index in [4.69, 9.17) is 17.0 Å². The molecule has 4 aromatic rings. The number of anilines is 1. The smallest absolute Gasteiger partial charge is 0.174 e. The van der Waals surface area contributed by atoms with E-state index in [0.29, 0.717) is 34.6 Å². The van der Waals surface area contributed by atoms with Crippen LogP contribution in [0.1, 0.15) is 47.8 Å². The molecular formula is C36H37FN2O7S. The van der Waals surface area contributed by atoms with Crippen molar-refractivity contribution >= 4 is 23.0 Å². The number of benzene rings is 4. The molecule has 9 nitrogen and oxygen atoms in total. The van der Waals surface area contributed by atoms with Crippen LogP contribution in [-0.4, -0.2) is 72.8 Å². The minimum absolute atomic E-state index is 0.0574. The third kappa shape index (κ3) is 6.74. The van der Waals surface area contributed by atoms with E-state index < -0.39 is 49.3 Å². The number of nitrogens with zero attached hydrogens (tertiary/aromatic N) is 1. The van der Waals surface area contributed by atoms with Gasteiger partial charge in [-0.25, -0.2) is 4.39 Å². The third-order valence-corrected chi connectivity index (χ3v) is 9.36. The average Bonchev–Trinajstić information content (AvgIpc) is 3.42. The van der Waals surface area contributed by atoms with Crippen LogP contribution in [0.4, 0.5) is 10.1 Å². The first kappa shape index (κ1) is 33.0. The second-order valence-corrected chi connectivity index (χ2v) is 12.4. The van der Waals surface area contributed by atoms with Crippen molar-refractivity contribution in [3.63, 3.8) is 0 Å². The molecule has 0 bridgehead atoms. The van der Waals surface area contributed by atoms with Crippen LogP contribution in [0.15, 0.2) is 97.1 Å². The largest absolute Gasteiger partial charge is 0.508 e. The summed E-state index contributed by atoms with van der Waals surface area (Å²) < 4.78 is 19.1. The maximum atomic E-state index is 13.4. The van der Waals surface area contributed by atoms with E-state index in [1.54, 1.807) is 42.5 Å². The van der Waals surface area contributed by atoms with Gasteiger partial charge in [-0.15, -0.1) is 0 Å². The van der Waals surface area contributed by atoms with Gasteiger partial charge >= 0.3 is 0 Å². The summed E-state index contributed by atoms with van der Waals surface area (Å²) in [5, 5.41) is 66.6. The Balaban J connectivity index is 1.25. The first-order valence-electron chi connectivity index (χ1n) is 15.5. The summed E-state index contributed by atoms with van der Waals surface area (Å²) in [5.41, 5.74) is 4.18. The van der Waals surface area contributed by atoms with Gasteiger partial charge < -0.3 is 45.6 Å². The van der Waals surface area contributed by atoms with Crippen LogP contribution in [0.2, 0.25) is 0 Å². The molecule has 0 aromatic heterocycles. The van der Waals surface area contributed by atoms with Crippen molar-refractivity contribution < 1.29 is 39.8 Å². The number of aliphatic hydroxyl groups excluding tert-OH is 5. The molecule has 2 aliphatic heterocycles. The molecule has 11 heteroatoms. The standard InChI is InChI=1S/C36H37FN2O7S/c37-24-13-10-21(11-14-24)28(41)17-16-27-31(39(36(47)38-27)25-4-2-1-3-5-25)26-15-12-23(18-29(26)42)20-6-8-22(9-7-20)35-34(45)33(44)32(43)30(19-40)46-35/h1-15,18,27-28,30-35,40-45H,16-17,19H2,(H,38,47). The van der Waals surface area contributed by atoms with Crippen molar-refractivity contribution in [1.29, 1.82) is 0 Å². The molecule has 2 saturated heterocycles. The fourth-order valence-electron chi connectivity index (χ4n) is 6.47. The zero-order valence-corrected chi connectivity index (χ0v) is 26.1. The lowest BCUT2D eigenvalue weighted by Gasteiger charge is -2.40. The Bertz CT molecular complexity index is 1680. The Morgan fingerprint density at radius 2 is 1.53 bits per heavy atom. The molecule has 4 aromatic carbocycles. The molecule has 8 unspecified atom stereocenters. The van der Waals surface area contributed by atoms with Gasteiger partial charge in [0.05, 0.1) is 24.8 Å². The Morgan fingerprint density at radius 1 is 0.851 bits per heavy atom. The van der Waals surface area contributed by atoms with Crippen LogP contribution in [-0.2, 0) is 4.74 Å². The fourth-order valence-corrected chi connectivity index (χ4v) is 6.84. The Hall–Kier alpha value is -3.94. The molecule has 0 spiro atoms. The lowest BCUT2D eigenvalue weighted by Crippen LogP contribution is -2.55. The topological polar surface area (TPSA) is 146 Å². The lowest BCUT2D eigenvalue weighted by atomic mass is 9.90. The van der Waals surface area contributed by atoms with Gasteiger partial charge in [0.2, 0.25) is 0 Å². The first-order chi connectivity index (χ1) is 22.7. The van der Waals surface area contributed by atoms with Crippen LogP contribution in [0.3, 0.4) is 0 Å². The van der Waals surface area contributed by atoms with Crippen molar-refractivity contribution in [2.45, 2.75) is 61.5 Å². The van der Waals surface area contributed by atoms with Crippen LogP contribution >= 0.6 is 12.2 Å². The molecule has 246 valence electrons. The highest BCUT2D eigenvalue weighted by atomic mass is 32.1. The number of rotatable bonds is 9. The number of hydrogen-bond donors (Lipinski definition) is 7. The highest BCUT2D eigenvalue weighted by Gasteiger charge is 2.44. The molecule has 2 fully saturated rings. The molecule has 2 aliphatic rings. The van der Waals surface area contributed by atoms with E-state index in [1.165, 1.54) is 12.1 Å². The quantitative estimate of drug-likeness (QED) is 0.131. The Labute approximate surface area is 277 Å². The minimum Gasteiger partial charge on any atom is -0.508 e. The fraction of sp³-hybridized carbons (Fsp3) is 0.306. The van der Waals surface area contributed by atoms with E-state index in [1.807, 2.05) is 47.4 Å². The van der Waals surface area contributed by atoms with Crippen LogP contribution in [0.5, 0.6) is 5.75 Å². The van der Waals surface area contributed by atoms with Gasteiger partial charge in [-0.2, -0.15) is 0 Å². The van der Waals surface area contributed by atoms with Crippen molar-refractivity contribution in [3.05, 3.63) is 120 Å². The maximum Gasteiger partial charge on any atom is 0.174 e. The summed E-state index contributed by atoms with van der Waals surface area (Å²) in [6.45, 7) is -0.510. The van der Waals surface area contributed by atoms with Gasteiger partial charge in [-0.3, -0.25) is 0 Å². The summed E-state index contributed by atoms with van der Waals surface area (Å²) in [6.07, 6.45) is -6.17. The van der Waals surface area contributed by atoms with Gasteiger partial charge in [0.1, 0.15) is 42.1 Å². The summed E-state index contributed by atoms with van der Waals surface area (Å²) in [4.78, 5) is 1.97. The second-order valence-electron chi connectivity index (χ2n) is 12.0. The van der Waals surface area contributed by atoms with Gasteiger partial charge in [-0.05, 0) is 77.6 Å². The summed E-state index contributed by atoms with van der Waals surface area (Å²) in [5.74, 6) is -0.312. The van der Waals surface area contributed by atoms with Gasteiger partial charge in [-0.1, -0.05) is 66.7 Å². The SMILES string of the molecule is OCC1OC(c2ccc(-c3ccc(C4C(CCC(O)c5ccc(F)cc5)NC(=S)N4c4ccccc4)c(O)c3)cc2)C(O)C(O)C1O. The normalized spacial score (nSPS) is 26.6. The molecule has 0 saturated carbocycles. The summed E-state index contributed by atoms with van der Waals surface area (Å²) >= 11 is 5.77. The van der Waals surface area contributed by atoms with E-state index in [9.17, 15) is 35.0 Å². The molecule has 0 aliphatic carbocycles. The van der Waals surface area contributed by atoms with Crippen molar-refractivity contribution in [3.8, 4) is 16.9 Å². The van der Waals surface area contributed by atoms with E-state index in [-0.39, 0.29) is 17.6 Å². The molecule has 0 amide bonds. The molecule has 8 atom stereocenters. The van der Waals surface area contributed by atoms with E-state index in [0.717, 1.165) is 16.8 Å². The van der Waals surface area contributed by atoms with Crippen LogP contribution < -0.4 is 10.2 Å². The maximum absolute atomic E-state index is 13.4. The number of phenols is 1. The molecule has 47 heavy (non-hydrogen) atoms. The van der Waals surface area contributed by atoms with Crippen molar-refractivity contribution in [2.24, 2.45) is 0 Å². The van der Waals surface area contributed by atoms with Crippen molar-refractivity contribution in [2.75, 3.05) is 11.5 Å². The highest BCUT2D eigenvalue weighted by Crippen LogP contribution is 2.42. The summed E-state index contributed by atoms with van der Waals surface area (Å²) in [7, 11) is 0. The number of nitrogens with one attached hydrogen (secondary N) is 1. The predicted molar refractivity (Wildman–Crippen MR) is 178 cm³/mol. The number of phenolic OH excluding ortho intramolecular Hbond substituents is 1. The van der Waals surface area contributed by atoms with Gasteiger partial charge in [0.25, 0.3) is 0 Å². The summed E-state index contributed by atoms with van der Waals surface area (Å²) in [6, 6.07) is 27.2. The molecule has 2 heterocycles. The third-order valence-electron chi connectivity index (χ3n) is 9.04. The number of ether oxygens (including phenoxy) is 1. The number of halogens is 1.